The van der Waals surface area contributed by atoms with Crippen molar-refractivity contribution in [3.05, 3.63) is 80.2 Å². The lowest BCUT2D eigenvalue weighted by Crippen LogP contribution is -2.01. The largest absolute Gasteiger partial charge is 0.384 e. The van der Waals surface area contributed by atoms with Crippen LogP contribution in [0.1, 0.15) is 17.2 Å². The third-order valence-electron chi connectivity index (χ3n) is 3.46. The summed E-state index contributed by atoms with van der Waals surface area (Å²) in [5.74, 6) is 0. The molecule has 0 bridgehead atoms. The third kappa shape index (κ3) is 2.82. The lowest BCUT2D eigenvalue weighted by atomic mass is 9.96. The Morgan fingerprint density at radius 3 is 2.24 bits per heavy atom. The standard InChI is InChI=1S/C17H11BrCl2O/c18-14-9-10(5-7-16(14)20)17(21)13-6-8-15(19)12-4-2-1-3-11(12)13/h1-9,17,21H. The zero-order chi connectivity index (χ0) is 15.0. The van der Waals surface area contributed by atoms with E-state index in [1.165, 1.54) is 0 Å². The highest BCUT2D eigenvalue weighted by atomic mass is 79.9. The third-order valence-corrected chi connectivity index (χ3v) is 5.00. The maximum absolute atomic E-state index is 10.7. The number of rotatable bonds is 2. The molecule has 21 heavy (non-hydrogen) atoms. The molecule has 0 aliphatic heterocycles. The van der Waals surface area contributed by atoms with Crippen LogP contribution < -0.4 is 0 Å². The van der Waals surface area contributed by atoms with Gasteiger partial charge in [-0.05, 0) is 50.6 Å². The quantitative estimate of drug-likeness (QED) is 0.577. The van der Waals surface area contributed by atoms with Crippen LogP contribution in [0.25, 0.3) is 10.8 Å². The number of aliphatic hydroxyl groups is 1. The van der Waals surface area contributed by atoms with Crippen LogP contribution in [-0.4, -0.2) is 5.11 Å². The number of halogens is 3. The molecule has 0 radical (unpaired) electrons. The molecule has 0 aliphatic carbocycles. The smallest absolute Gasteiger partial charge is 0.105 e. The van der Waals surface area contributed by atoms with Crippen LogP contribution in [0.5, 0.6) is 0 Å². The number of benzene rings is 3. The van der Waals surface area contributed by atoms with E-state index in [0.717, 1.165) is 26.4 Å². The van der Waals surface area contributed by atoms with Gasteiger partial charge in [0.05, 0.1) is 5.02 Å². The van der Waals surface area contributed by atoms with Gasteiger partial charge in [0.15, 0.2) is 0 Å². The number of fused-ring (bicyclic) bond motifs is 1. The SMILES string of the molecule is OC(c1ccc(Cl)c(Br)c1)c1ccc(Cl)c2ccccc12. The normalized spacial score (nSPS) is 12.6. The molecule has 0 amide bonds. The predicted octanol–water partition coefficient (Wildman–Crippen LogP) is 5.99. The minimum Gasteiger partial charge on any atom is -0.384 e. The number of aliphatic hydroxyl groups excluding tert-OH is 1. The van der Waals surface area contributed by atoms with Crippen LogP contribution in [-0.2, 0) is 0 Å². The zero-order valence-electron chi connectivity index (χ0n) is 10.9. The molecular weight excluding hydrogens is 371 g/mol. The molecule has 0 aliphatic rings. The highest BCUT2D eigenvalue weighted by Crippen LogP contribution is 2.34. The molecule has 3 rings (SSSR count). The van der Waals surface area contributed by atoms with Crippen molar-refractivity contribution >= 4 is 49.9 Å². The molecule has 4 heteroatoms. The monoisotopic (exact) mass is 380 g/mol. The fourth-order valence-corrected chi connectivity index (χ4v) is 3.13. The van der Waals surface area contributed by atoms with Crippen molar-refractivity contribution in [3.63, 3.8) is 0 Å². The zero-order valence-corrected chi connectivity index (χ0v) is 14.0. The van der Waals surface area contributed by atoms with Crippen LogP contribution in [0.15, 0.2) is 59.1 Å². The minimum absolute atomic E-state index is 0.618. The Kier molecular flexibility index (Phi) is 4.23. The van der Waals surface area contributed by atoms with Crippen LogP contribution in [0.3, 0.4) is 0 Å². The van der Waals surface area contributed by atoms with Gasteiger partial charge in [-0.15, -0.1) is 0 Å². The van der Waals surface area contributed by atoms with Crippen LogP contribution in [0.4, 0.5) is 0 Å². The van der Waals surface area contributed by atoms with Crippen molar-refractivity contribution < 1.29 is 5.11 Å². The van der Waals surface area contributed by atoms with Gasteiger partial charge >= 0.3 is 0 Å². The molecular formula is C17H11BrCl2O. The minimum atomic E-state index is -0.735. The first-order valence-corrected chi connectivity index (χ1v) is 7.93. The summed E-state index contributed by atoms with van der Waals surface area (Å²) in [6.07, 6.45) is -0.735. The lowest BCUT2D eigenvalue weighted by molar-refractivity contribution is 0.222. The molecule has 3 aromatic carbocycles. The summed E-state index contributed by atoms with van der Waals surface area (Å²) in [7, 11) is 0. The van der Waals surface area contributed by atoms with Gasteiger partial charge in [0.25, 0.3) is 0 Å². The molecule has 0 heterocycles. The van der Waals surface area contributed by atoms with Gasteiger partial charge in [-0.3, -0.25) is 0 Å². The molecule has 0 saturated carbocycles. The lowest BCUT2D eigenvalue weighted by Gasteiger charge is -2.15. The molecule has 1 nitrogen and oxygen atoms in total. The van der Waals surface area contributed by atoms with Crippen molar-refractivity contribution in [1.82, 2.24) is 0 Å². The molecule has 0 fully saturated rings. The maximum Gasteiger partial charge on any atom is 0.105 e. The van der Waals surface area contributed by atoms with Gasteiger partial charge < -0.3 is 5.11 Å². The molecule has 1 atom stereocenters. The fourth-order valence-electron chi connectivity index (χ4n) is 2.39. The summed E-state index contributed by atoms with van der Waals surface area (Å²) in [5.41, 5.74) is 1.60. The van der Waals surface area contributed by atoms with E-state index in [9.17, 15) is 5.11 Å². The van der Waals surface area contributed by atoms with Crippen LogP contribution in [0.2, 0.25) is 10.0 Å². The first-order valence-electron chi connectivity index (χ1n) is 6.38. The maximum atomic E-state index is 10.7. The first-order chi connectivity index (χ1) is 10.1. The summed E-state index contributed by atoms with van der Waals surface area (Å²) in [5, 5.41) is 13.9. The second-order valence-electron chi connectivity index (χ2n) is 4.76. The van der Waals surface area contributed by atoms with E-state index in [2.05, 4.69) is 15.9 Å². The van der Waals surface area contributed by atoms with E-state index in [-0.39, 0.29) is 0 Å². The van der Waals surface area contributed by atoms with Gasteiger partial charge in [-0.1, -0.05) is 59.6 Å². The number of hydrogen-bond acceptors (Lipinski definition) is 1. The summed E-state index contributed by atoms with van der Waals surface area (Å²) in [6.45, 7) is 0. The predicted molar refractivity (Wildman–Crippen MR) is 92.2 cm³/mol. The molecule has 106 valence electrons. The van der Waals surface area contributed by atoms with Gasteiger partial charge in [0.2, 0.25) is 0 Å². The molecule has 3 aromatic rings. The Hall–Kier alpha value is -1.06. The summed E-state index contributed by atoms with van der Waals surface area (Å²) < 4.78 is 0.763. The highest BCUT2D eigenvalue weighted by Gasteiger charge is 2.15. The fraction of sp³-hybridized carbons (Fsp3) is 0.0588. The summed E-state index contributed by atoms with van der Waals surface area (Å²) in [4.78, 5) is 0. The Bertz CT molecular complexity index is 817. The van der Waals surface area contributed by atoms with Crippen molar-refractivity contribution in [2.75, 3.05) is 0 Å². The first kappa shape index (κ1) is 14.9. The molecule has 0 aromatic heterocycles. The van der Waals surface area contributed by atoms with E-state index in [1.54, 1.807) is 6.07 Å². The van der Waals surface area contributed by atoms with E-state index in [0.29, 0.717) is 10.0 Å². The van der Waals surface area contributed by atoms with Gasteiger partial charge in [-0.25, -0.2) is 0 Å². The van der Waals surface area contributed by atoms with Gasteiger partial charge in [0.1, 0.15) is 6.10 Å². The Balaban J connectivity index is 2.15. The van der Waals surface area contributed by atoms with Gasteiger partial charge in [0, 0.05) is 14.9 Å². The molecule has 1 unspecified atom stereocenters. The van der Waals surface area contributed by atoms with Crippen LogP contribution in [0, 0.1) is 0 Å². The topological polar surface area (TPSA) is 20.2 Å². The summed E-state index contributed by atoms with van der Waals surface area (Å²) >= 11 is 15.6. The Morgan fingerprint density at radius 1 is 0.857 bits per heavy atom. The van der Waals surface area contributed by atoms with E-state index in [4.69, 9.17) is 23.2 Å². The Morgan fingerprint density at radius 2 is 1.52 bits per heavy atom. The molecule has 0 saturated heterocycles. The highest BCUT2D eigenvalue weighted by molar-refractivity contribution is 9.10. The van der Waals surface area contributed by atoms with E-state index >= 15 is 0 Å². The van der Waals surface area contributed by atoms with Crippen molar-refractivity contribution in [2.45, 2.75) is 6.10 Å². The van der Waals surface area contributed by atoms with Gasteiger partial charge in [-0.2, -0.15) is 0 Å². The van der Waals surface area contributed by atoms with E-state index in [1.807, 2.05) is 48.5 Å². The van der Waals surface area contributed by atoms with E-state index < -0.39 is 6.10 Å². The second kappa shape index (κ2) is 5.98. The van der Waals surface area contributed by atoms with Crippen molar-refractivity contribution in [2.24, 2.45) is 0 Å². The number of hydrogen-bond donors (Lipinski definition) is 1. The van der Waals surface area contributed by atoms with Crippen LogP contribution >= 0.6 is 39.1 Å². The average molecular weight is 382 g/mol. The van der Waals surface area contributed by atoms with Crippen molar-refractivity contribution in [1.29, 1.82) is 0 Å². The molecule has 1 N–H and O–H groups in total. The summed E-state index contributed by atoms with van der Waals surface area (Å²) in [6, 6.07) is 16.9. The molecule has 0 spiro atoms. The van der Waals surface area contributed by atoms with Crippen molar-refractivity contribution in [3.8, 4) is 0 Å². The second-order valence-corrected chi connectivity index (χ2v) is 6.43. The Labute approximate surface area is 141 Å². The average Bonchev–Trinajstić information content (AvgIpc) is 2.50.